The number of likely N-dealkylation sites (N-methyl/N-ethyl adjacent to an activating group) is 1. The van der Waals surface area contributed by atoms with E-state index in [1.807, 2.05) is 31.2 Å². The molecule has 1 aromatic carbocycles. The molecule has 6 nitrogen and oxygen atoms in total. The van der Waals surface area contributed by atoms with Gasteiger partial charge >= 0.3 is 5.69 Å². The van der Waals surface area contributed by atoms with Crippen molar-refractivity contribution in [2.24, 2.45) is 14.1 Å². The maximum absolute atomic E-state index is 12.2. The van der Waals surface area contributed by atoms with Crippen molar-refractivity contribution < 1.29 is 4.79 Å². The molecule has 0 fully saturated rings. The van der Waals surface area contributed by atoms with Crippen LogP contribution < -0.4 is 11.2 Å². The largest absolute Gasteiger partial charge is 0.338 e. The fourth-order valence-corrected chi connectivity index (χ4v) is 2.36. The molecule has 1 aromatic heterocycles. The standard InChI is InChI=1S/C18H21N3O3/c1-13-7-5-6-8-14(13)11-19(2)16(22)10-9-15-12-20(3)18(24)21(4)17(15)23/h5-10,12H,11H2,1-4H3/b10-9+. The number of carbonyl (C=O) groups excluding carboxylic acids is 1. The molecule has 0 bridgehead atoms. The fourth-order valence-electron chi connectivity index (χ4n) is 2.36. The summed E-state index contributed by atoms with van der Waals surface area (Å²) in [6, 6.07) is 7.86. The molecule has 0 saturated carbocycles. The lowest BCUT2D eigenvalue weighted by molar-refractivity contribution is -0.125. The molecule has 0 unspecified atom stereocenters. The first-order valence-corrected chi connectivity index (χ1v) is 7.55. The predicted molar refractivity (Wildman–Crippen MR) is 93.6 cm³/mol. The maximum atomic E-state index is 12.2. The normalized spacial score (nSPS) is 11.0. The van der Waals surface area contributed by atoms with Crippen molar-refractivity contribution in [2.45, 2.75) is 13.5 Å². The molecular formula is C18H21N3O3. The second-order valence-corrected chi connectivity index (χ2v) is 5.80. The Bertz CT molecular complexity index is 906. The third-order valence-corrected chi connectivity index (χ3v) is 3.92. The highest BCUT2D eigenvalue weighted by Gasteiger charge is 2.09. The number of hydrogen-bond donors (Lipinski definition) is 0. The molecule has 0 aliphatic heterocycles. The molecule has 0 saturated heterocycles. The SMILES string of the molecule is Cc1ccccc1CN(C)C(=O)/C=C/c1cn(C)c(=O)n(C)c1=O. The number of benzene rings is 1. The summed E-state index contributed by atoms with van der Waals surface area (Å²) in [4.78, 5) is 37.5. The summed E-state index contributed by atoms with van der Waals surface area (Å²) in [5.41, 5.74) is 1.65. The molecule has 24 heavy (non-hydrogen) atoms. The van der Waals surface area contributed by atoms with Gasteiger partial charge in [-0.1, -0.05) is 24.3 Å². The van der Waals surface area contributed by atoms with Gasteiger partial charge in [0, 0.05) is 40.0 Å². The maximum Gasteiger partial charge on any atom is 0.330 e. The van der Waals surface area contributed by atoms with Crippen molar-refractivity contribution in [1.29, 1.82) is 0 Å². The summed E-state index contributed by atoms with van der Waals surface area (Å²) in [6.45, 7) is 2.48. The summed E-state index contributed by atoms with van der Waals surface area (Å²) in [5.74, 6) is -0.214. The van der Waals surface area contributed by atoms with Crippen molar-refractivity contribution in [3.63, 3.8) is 0 Å². The Hall–Kier alpha value is -2.89. The second-order valence-electron chi connectivity index (χ2n) is 5.80. The summed E-state index contributed by atoms with van der Waals surface area (Å²) in [6.07, 6.45) is 4.22. The monoisotopic (exact) mass is 327 g/mol. The van der Waals surface area contributed by atoms with Crippen LogP contribution in [0.5, 0.6) is 0 Å². The van der Waals surface area contributed by atoms with Crippen LogP contribution in [0, 0.1) is 6.92 Å². The minimum atomic E-state index is -0.427. The van der Waals surface area contributed by atoms with E-state index in [9.17, 15) is 14.4 Å². The van der Waals surface area contributed by atoms with Crippen LogP contribution in [0.4, 0.5) is 0 Å². The highest BCUT2D eigenvalue weighted by molar-refractivity contribution is 5.91. The number of aromatic nitrogens is 2. The Morgan fingerprint density at radius 2 is 1.88 bits per heavy atom. The van der Waals surface area contributed by atoms with Crippen LogP contribution in [0.2, 0.25) is 0 Å². The first-order valence-electron chi connectivity index (χ1n) is 7.55. The smallest absolute Gasteiger partial charge is 0.330 e. The summed E-state index contributed by atoms with van der Waals surface area (Å²) >= 11 is 0. The van der Waals surface area contributed by atoms with Crippen LogP contribution in [0.3, 0.4) is 0 Å². The molecule has 0 spiro atoms. The van der Waals surface area contributed by atoms with Crippen LogP contribution in [0.1, 0.15) is 16.7 Å². The molecular weight excluding hydrogens is 306 g/mol. The molecule has 0 radical (unpaired) electrons. The minimum Gasteiger partial charge on any atom is -0.338 e. The minimum absolute atomic E-state index is 0.214. The zero-order chi connectivity index (χ0) is 17.9. The van der Waals surface area contributed by atoms with E-state index in [1.54, 1.807) is 19.0 Å². The van der Waals surface area contributed by atoms with Crippen LogP contribution in [-0.4, -0.2) is 27.0 Å². The third kappa shape index (κ3) is 3.71. The van der Waals surface area contributed by atoms with Crippen molar-refractivity contribution in [1.82, 2.24) is 14.0 Å². The molecule has 1 amide bonds. The Morgan fingerprint density at radius 3 is 2.54 bits per heavy atom. The van der Waals surface area contributed by atoms with Gasteiger partial charge in [0.05, 0.1) is 5.56 Å². The van der Waals surface area contributed by atoms with E-state index < -0.39 is 11.2 Å². The highest BCUT2D eigenvalue weighted by Crippen LogP contribution is 2.09. The molecule has 0 atom stereocenters. The van der Waals surface area contributed by atoms with Crippen LogP contribution in [-0.2, 0) is 25.4 Å². The molecule has 126 valence electrons. The Balaban J connectivity index is 2.18. The molecule has 0 aliphatic carbocycles. The van der Waals surface area contributed by atoms with Crippen molar-refractivity contribution >= 4 is 12.0 Å². The van der Waals surface area contributed by atoms with Gasteiger partial charge in [0.1, 0.15) is 0 Å². The van der Waals surface area contributed by atoms with Gasteiger partial charge in [-0.2, -0.15) is 0 Å². The molecule has 0 N–H and O–H groups in total. The quantitative estimate of drug-likeness (QED) is 0.789. The van der Waals surface area contributed by atoms with E-state index in [1.165, 1.54) is 30.0 Å². The fraction of sp³-hybridized carbons (Fsp3) is 0.278. The van der Waals surface area contributed by atoms with Gasteiger partial charge in [-0.05, 0) is 24.1 Å². The Morgan fingerprint density at radius 1 is 1.21 bits per heavy atom. The number of hydrogen-bond acceptors (Lipinski definition) is 3. The zero-order valence-corrected chi connectivity index (χ0v) is 14.3. The van der Waals surface area contributed by atoms with E-state index in [0.29, 0.717) is 6.54 Å². The Labute approximate surface area is 140 Å². The average molecular weight is 327 g/mol. The molecule has 1 heterocycles. The zero-order valence-electron chi connectivity index (χ0n) is 14.3. The van der Waals surface area contributed by atoms with Gasteiger partial charge in [-0.15, -0.1) is 0 Å². The lowest BCUT2D eigenvalue weighted by atomic mass is 10.1. The number of aryl methyl sites for hydroxylation is 2. The summed E-state index contributed by atoms with van der Waals surface area (Å²) in [5, 5.41) is 0. The van der Waals surface area contributed by atoms with E-state index >= 15 is 0 Å². The topological polar surface area (TPSA) is 64.3 Å². The van der Waals surface area contributed by atoms with E-state index in [4.69, 9.17) is 0 Å². The Kier molecular flexibility index (Phi) is 5.18. The van der Waals surface area contributed by atoms with Crippen LogP contribution >= 0.6 is 0 Å². The van der Waals surface area contributed by atoms with Crippen LogP contribution in [0.25, 0.3) is 6.08 Å². The van der Waals surface area contributed by atoms with Gasteiger partial charge in [-0.3, -0.25) is 14.2 Å². The average Bonchev–Trinajstić information content (AvgIpc) is 2.56. The van der Waals surface area contributed by atoms with Gasteiger partial charge in [0.15, 0.2) is 0 Å². The van der Waals surface area contributed by atoms with Crippen molar-refractivity contribution in [3.8, 4) is 0 Å². The third-order valence-electron chi connectivity index (χ3n) is 3.92. The van der Waals surface area contributed by atoms with Gasteiger partial charge in [0.25, 0.3) is 5.56 Å². The first kappa shape index (κ1) is 17.5. The van der Waals surface area contributed by atoms with Crippen molar-refractivity contribution in [3.05, 3.63) is 74.1 Å². The van der Waals surface area contributed by atoms with Gasteiger partial charge in [0.2, 0.25) is 5.91 Å². The van der Waals surface area contributed by atoms with E-state index in [-0.39, 0.29) is 11.5 Å². The molecule has 2 rings (SSSR count). The van der Waals surface area contributed by atoms with Gasteiger partial charge < -0.3 is 9.47 Å². The molecule has 6 heteroatoms. The second kappa shape index (κ2) is 7.12. The number of carbonyl (C=O) groups is 1. The summed E-state index contributed by atoms with van der Waals surface area (Å²) < 4.78 is 2.32. The highest BCUT2D eigenvalue weighted by atomic mass is 16.2. The predicted octanol–water partition coefficient (Wildman–Crippen LogP) is 1.06. The first-order chi connectivity index (χ1) is 11.3. The lowest BCUT2D eigenvalue weighted by Crippen LogP contribution is -2.37. The summed E-state index contributed by atoms with van der Waals surface area (Å²) in [7, 11) is 4.68. The van der Waals surface area contributed by atoms with Crippen molar-refractivity contribution in [2.75, 3.05) is 7.05 Å². The lowest BCUT2D eigenvalue weighted by Gasteiger charge is -2.16. The van der Waals surface area contributed by atoms with Crippen LogP contribution in [0.15, 0.2) is 46.1 Å². The number of nitrogens with zero attached hydrogens (tertiary/aromatic N) is 3. The molecule has 0 aliphatic rings. The van der Waals surface area contributed by atoms with E-state index in [0.717, 1.165) is 15.7 Å². The number of amides is 1. The number of rotatable bonds is 4. The van der Waals surface area contributed by atoms with Gasteiger partial charge in [-0.25, -0.2) is 4.79 Å². The van der Waals surface area contributed by atoms with E-state index in [2.05, 4.69) is 0 Å². The molecule has 2 aromatic rings.